The van der Waals surface area contributed by atoms with Crippen LogP contribution in [0.4, 0.5) is 0 Å². The molecule has 0 radical (unpaired) electrons. The van der Waals surface area contributed by atoms with E-state index in [2.05, 4.69) is 39.5 Å². The van der Waals surface area contributed by atoms with E-state index < -0.39 is 6.10 Å². The maximum atomic E-state index is 12.4. The van der Waals surface area contributed by atoms with Crippen LogP contribution in [0, 0.1) is 50.7 Å². The van der Waals surface area contributed by atoms with E-state index in [9.17, 15) is 9.90 Å². The number of esters is 1. The van der Waals surface area contributed by atoms with E-state index in [1.165, 1.54) is 45.4 Å². The smallest absolute Gasteiger partial charge is 0.302 e. The summed E-state index contributed by atoms with van der Waals surface area (Å²) in [5.74, 6) is 1.66. The highest BCUT2D eigenvalue weighted by atomic mass is 16.7. The molecule has 1 N–H and O–H groups in total. The maximum Gasteiger partial charge on any atom is 0.302 e. The Morgan fingerprint density at radius 1 is 1.02 bits per heavy atom. The number of nitrogens with zero attached hydrogens (tertiary/aromatic N) is 1. The number of hydrogen-bond acceptors (Lipinski definition) is 8. The van der Waals surface area contributed by atoms with Crippen LogP contribution >= 0.6 is 0 Å². The molecule has 0 amide bonds. The summed E-state index contributed by atoms with van der Waals surface area (Å²) < 4.78 is 30.6. The molecule has 0 bridgehead atoms. The average molecular weight is 616 g/mol. The van der Waals surface area contributed by atoms with Crippen molar-refractivity contribution in [1.29, 1.82) is 0 Å². The normalized spacial score (nSPS) is 54.6. The maximum absolute atomic E-state index is 12.4. The Labute approximate surface area is 264 Å². The van der Waals surface area contributed by atoms with Gasteiger partial charge < -0.3 is 28.8 Å². The van der Waals surface area contributed by atoms with Gasteiger partial charge in [-0.3, -0.25) is 9.69 Å². The van der Waals surface area contributed by atoms with Crippen LogP contribution in [0.1, 0.15) is 92.9 Å². The Morgan fingerprint density at radius 2 is 1.77 bits per heavy atom. The zero-order valence-corrected chi connectivity index (χ0v) is 28.0. The molecule has 0 aromatic carbocycles. The lowest BCUT2D eigenvalue weighted by Gasteiger charge is -2.64. The fourth-order valence-electron chi connectivity index (χ4n) is 13.6. The summed E-state index contributed by atoms with van der Waals surface area (Å²) >= 11 is 0. The van der Waals surface area contributed by atoms with Crippen molar-refractivity contribution in [3.05, 3.63) is 0 Å². The van der Waals surface area contributed by atoms with E-state index >= 15 is 0 Å². The first kappa shape index (κ1) is 30.6. The Balaban J connectivity index is 1.02. The standard InChI is InChI=1S/C36H57NO7/c1-21-15-24(19-42-22(2)38)43-30-29(21)33(5)11-12-36-20-35(36)10-9-27(44-28-16-37(13-14-41-28)23-17-40-18-23)32(3,4)25(35)7-8-26(36)34(33,6)31(30)39/h21,23-31,39H,7-20H2,1-6H3/t21-,24+,25+,26+,27+,28+,29+,30+,31+,33-,34-,35-,36+/m1/s1. The number of aliphatic hydroxyl groups excluding tert-OH is 1. The number of rotatable bonds is 5. The molecule has 248 valence electrons. The zero-order valence-electron chi connectivity index (χ0n) is 28.0. The van der Waals surface area contributed by atoms with Crippen molar-refractivity contribution in [3.8, 4) is 0 Å². The number of aliphatic hydroxyl groups is 1. The SMILES string of the molecule is CC(=O)OC[C@@H]1C[C@@H](C)[C@H]2[C@H](O1)[C@H](O)[C@@]1(C)[C@@H]3CC[C@H]4C(C)(C)[C@@H](O[C@H]5CN(C6COC6)CCO5)CC[C@@]45C[C@@]35CC[C@]21C. The summed E-state index contributed by atoms with van der Waals surface area (Å²) in [6.45, 7) is 18.3. The minimum atomic E-state index is -0.489. The lowest BCUT2D eigenvalue weighted by Crippen LogP contribution is -2.60. The molecular formula is C36H57NO7. The second-order valence-electron chi connectivity index (χ2n) is 17.6. The molecule has 44 heavy (non-hydrogen) atoms. The Kier molecular flexibility index (Phi) is 7.03. The van der Waals surface area contributed by atoms with E-state index in [4.69, 9.17) is 23.7 Å². The summed E-state index contributed by atoms with van der Waals surface area (Å²) in [6.07, 6.45) is 8.67. The predicted octanol–water partition coefficient (Wildman–Crippen LogP) is 4.81. The predicted molar refractivity (Wildman–Crippen MR) is 164 cm³/mol. The van der Waals surface area contributed by atoms with Gasteiger partial charge in [-0.25, -0.2) is 0 Å². The van der Waals surface area contributed by atoms with Crippen LogP contribution < -0.4 is 0 Å². The van der Waals surface area contributed by atoms with Crippen LogP contribution in [0.15, 0.2) is 0 Å². The van der Waals surface area contributed by atoms with Crippen molar-refractivity contribution in [3.63, 3.8) is 0 Å². The highest BCUT2D eigenvalue weighted by Crippen LogP contribution is 2.89. The summed E-state index contributed by atoms with van der Waals surface area (Å²) in [7, 11) is 0. The second-order valence-corrected chi connectivity index (χ2v) is 17.6. The van der Waals surface area contributed by atoms with E-state index in [1.807, 2.05) is 0 Å². The van der Waals surface area contributed by atoms with Gasteiger partial charge >= 0.3 is 5.97 Å². The van der Waals surface area contributed by atoms with E-state index in [0.717, 1.165) is 45.8 Å². The number of fused-ring (bicyclic) bond motifs is 4. The van der Waals surface area contributed by atoms with Crippen LogP contribution in [0.5, 0.6) is 0 Å². The van der Waals surface area contributed by atoms with E-state index in [1.54, 1.807) is 0 Å². The number of morpholine rings is 1. The van der Waals surface area contributed by atoms with Gasteiger partial charge in [-0.1, -0.05) is 34.6 Å². The van der Waals surface area contributed by atoms with Crippen molar-refractivity contribution < 1.29 is 33.6 Å². The lowest BCUT2D eigenvalue weighted by molar-refractivity contribution is -0.256. The van der Waals surface area contributed by atoms with E-state index in [0.29, 0.717) is 47.2 Å². The van der Waals surface area contributed by atoms with Crippen molar-refractivity contribution in [2.45, 2.75) is 130 Å². The molecule has 5 saturated carbocycles. The van der Waals surface area contributed by atoms with Gasteiger partial charge in [0.1, 0.15) is 6.61 Å². The van der Waals surface area contributed by atoms with Gasteiger partial charge in [0, 0.05) is 18.9 Å². The van der Waals surface area contributed by atoms with Gasteiger partial charge in [-0.15, -0.1) is 0 Å². The Hall–Kier alpha value is -0.770. The minimum Gasteiger partial charge on any atom is -0.463 e. The molecule has 0 unspecified atom stereocenters. The first-order valence-corrected chi connectivity index (χ1v) is 17.9. The molecule has 3 saturated heterocycles. The molecule has 13 atom stereocenters. The molecule has 8 aliphatic rings. The highest BCUT2D eigenvalue weighted by molar-refractivity contribution is 5.65. The molecule has 0 aromatic rings. The van der Waals surface area contributed by atoms with Crippen LogP contribution in [0.3, 0.4) is 0 Å². The van der Waals surface area contributed by atoms with Gasteiger partial charge in [-0.2, -0.15) is 0 Å². The monoisotopic (exact) mass is 615 g/mol. The Morgan fingerprint density at radius 3 is 2.50 bits per heavy atom. The van der Waals surface area contributed by atoms with Crippen molar-refractivity contribution in [1.82, 2.24) is 4.90 Å². The third kappa shape index (κ3) is 3.93. The largest absolute Gasteiger partial charge is 0.463 e. The molecule has 0 aromatic heterocycles. The topological polar surface area (TPSA) is 86.7 Å². The number of ether oxygens (including phenoxy) is 5. The van der Waals surface area contributed by atoms with Crippen LogP contribution in [0.2, 0.25) is 0 Å². The van der Waals surface area contributed by atoms with Gasteiger partial charge in [-0.05, 0) is 96.7 Å². The summed E-state index contributed by atoms with van der Waals surface area (Å²) in [4.78, 5) is 14.1. The molecule has 3 aliphatic heterocycles. The second kappa shape index (κ2) is 10.1. The zero-order chi connectivity index (χ0) is 30.9. The van der Waals surface area contributed by atoms with Gasteiger partial charge in [0.15, 0.2) is 6.29 Å². The van der Waals surface area contributed by atoms with Crippen LogP contribution in [0.25, 0.3) is 0 Å². The first-order chi connectivity index (χ1) is 20.9. The summed E-state index contributed by atoms with van der Waals surface area (Å²) in [5.41, 5.74) is 0.639. The fraction of sp³-hybridized carbons (Fsp3) is 0.972. The van der Waals surface area contributed by atoms with Gasteiger partial charge in [0.2, 0.25) is 0 Å². The highest BCUT2D eigenvalue weighted by Gasteiger charge is 2.84. The molecule has 5 aliphatic carbocycles. The van der Waals surface area contributed by atoms with Crippen LogP contribution in [-0.2, 0) is 28.5 Å². The average Bonchev–Trinajstić information content (AvgIpc) is 3.57. The molecule has 8 heteroatoms. The summed E-state index contributed by atoms with van der Waals surface area (Å²) in [5, 5.41) is 12.4. The van der Waals surface area contributed by atoms with Crippen molar-refractivity contribution in [2.24, 2.45) is 50.7 Å². The minimum absolute atomic E-state index is 0.0426. The van der Waals surface area contributed by atoms with Crippen LogP contribution in [-0.4, -0.2) is 92.2 Å². The third-order valence-corrected chi connectivity index (χ3v) is 15.8. The van der Waals surface area contributed by atoms with Crippen molar-refractivity contribution >= 4 is 5.97 Å². The molecule has 8 fully saturated rings. The van der Waals surface area contributed by atoms with Crippen molar-refractivity contribution in [2.75, 3.05) is 39.5 Å². The van der Waals surface area contributed by atoms with E-state index in [-0.39, 0.29) is 46.8 Å². The molecule has 2 spiro atoms. The third-order valence-electron chi connectivity index (χ3n) is 15.8. The van der Waals surface area contributed by atoms with Gasteiger partial charge in [0.05, 0.1) is 56.8 Å². The molecule has 3 heterocycles. The molecule has 8 nitrogen and oxygen atoms in total. The first-order valence-electron chi connectivity index (χ1n) is 17.9. The molecule has 8 rings (SSSR count). The number of hydrogen-bond donors (Lipinski definition) is 1. The molecular weight excluding hydrogens is 558 g/mol. The number of carbonyl (C=O) groups excluding carboxylic acids is 1. The fourth-order valence-corrected chi connectivity index (χ4v) is 13.6. The Bertz CT molecular complexity index is 1160. The quantitative estimate of drug-likeness (QED) is 0.442. The number of carbonyl (C=O) groups is 1. The lowest BCUT2D eigenvalue weighted by atomic mass is 9.41. The summed E-state index contributed by atoms with van der Waals surface area (Å²) in [6, 6.07) is 0.524. The van der Waals surface area contributed by atoms with Gasteiger partial charge in [0.25, 0.3) is 0 Å².